The molecule has 17 nitrogen and oxygen atoms in total. The van der Waals surface area contributed by atoms with Gasteiger partial charge in [0, 0.05) is 25.7 Å². The van der Waals surface area contributed by atoms with Gasteiger partial charge < -0.3 is 33.8 Å². The van der Waals surface area contributed by atoms with E-state index < -0.39 is 97.5 Å². The van der Waals surface area contributed by atoms with E-state index in [9.17, 15) is 43.2 Å². The van der Waals surface area contributed by atoms with Crippen LogP contribution in [0, 0.1) is 0 Å². The zero-order valence-electron chi connectivity index (χ0n) is 64.0. The van der Waals surface area contributed by atoms with Gasteiger partial charge in [0.15, 0.2) is 12.2 Å². The third-order valence-corrected chi connectivity index (χ3v) is 18.3. The van der Waals surface area contributed by atoms with Gasteiger partial charge in [-0.1, -0.05) is 290 Å². The van der Waals surface area contributed by atoms with Gasteiger partial charge in [0.25, 0.3) is 0 Å². The third-order valence-electron chi connectivity index (χ3n) is 16.4. The molecule has 0 aromatic rings. The first kappa shape index (κ1) is 97.5. The van der Waals surface area contributed by atoms with Gasteiger partial charge in [0.1, 0.15) is 19.3 Å². The van der Waals surface area contributed by atoms with Crippen LogP contribution in [0.4, 0.5) is 0 Å². The first-order valence-electron chi connectivity index (χ1n) is 39.8. The van der Waals surface area contributed by atoms with E-state index >= 15 is 0 Å². The van der Waals surface area contributed by atoms with Crippen molar-refractivity contribution in [1.82, 2.24) is 0 Å². The molecule has 0 saturated heterocycles. The number of aliphatic hydroxyl groups excluding tert-OH is 1. The lowest BCUT2D eigenvalue weighted by atomic mass is 10.0. The van der Waals surface area contributed by atoms with Crippen molar-refractivity contribution in [2.24, 2.45) is 0 Å². The van der Waals surface area contributed by atoms with Gasteiger partial charge in [-0.25, -0.2) is 9.13 Å². The van der Waals surface area contributed by atoms with Crippen LogP contribution in [-0.2, 0) is 65.4 Å². The monoisotopic (exact) mass is 1470 g/mol. The van der Waals surface area contributed by atoms with Gasteiger partial charge in [0.05, 0.1) is 26.4 Å². The molecular weight excluding hydrogens is 1330 g/mol. The molecular formula is C83H142O17P2. The van der Waals surface area contributed by atoms with E-state index in [2.05, 4.69) is 149 Å². The zero-order valence-corrected chi connectivity index (χ0v) is 65.8. The van der Waals surface area contributed by atoms with Crippen LogP contribution in [-0.4, -0.2) is 96.7 Å². The summed E-state index contributed by atoms with van der Waals surface area (Å²) in [4.78, 5) is 73.0. The first-order valence-corrected chi connectivity index (χ1v) is 42.8. The number of aliphatic hydroxyl groups is 1. The first-order chi connectivity index (χ1) is 49.7. The molecule has 5 unspecified atom stereocenters. The summed E-state index contributed by atoms with van der Waals surface area (Å²) in [6.07, 6.45) is 81.8. The van der Waals surface area contributed by atoms with E-state index in [4.69, 9.17) is 37.0 Å². The topological polar surface area (TPSA) is 237 Å². The third kappa shape index (κ3) is 73.8. The highest BCUT2D eigenvalue weighted by Gasteiger charge is 2.30. The lowest BCUT2D eigenvalue weighted by Crippen LogP contribution is -2.30. The van der Waals surface area contributed by atoms with Crippen molar-refractivity contribution in [3.05, 3.63) is 122 Å². The fourth-order valence-electron chi connectivity index (χ4n) is 10.4. The second-order valence-corrected chi connectivity index (χ2v) is 29.2. The fourth-order valence-corrected chi connectivity index (χ4v) is 12.0. The van der Waals surface area contributed by atoms with Gasteiger partial charge >= 0.3 is 39.5 Å². The van der Waals surface area contributed by atoms with E-state index in [1.165, 1.54) is 64.2 Å². The number of unbranched alkanes of at least 4 members (excludes halogenated alkanes) is 28. The minimum absolute atomic E-state index is 0.0678. The highest BCUT2D eigenvalue weighted by molar-refractivity contribution is 7.47. The molecule has 0 amide bonds. The molecule has 0 fully saturated rings. The number of allylic oxidation sites excluding steroid dienone is 20. The summed E-state index contributed by atoms with van der Waals surface area (Å²) in [5, 5.41) is 10.6. The molecule has 0 aliphatic carbocycles. The average molecular weight is 1470 g/mol. The summed E-state index contributed by atoms with van der Waals surface area (Å²) < 4.78 is 68.5. The number of hydrogen-bond acceptors (Lipinski definition) is 15. The number of phosphoric ester groups is 2. The number of esters is 4. The Labute approximate surface area is 619 Å². The van der Waals surface area contributed by atoms with Crippen LogP contribution >= 0.6 is 15.6 Å². The molecule has 5 atom stereocenters. The maximum Gasteiger partial charge on any atom is 0.472 e. The predicted octanol–water partition coefficient (Wildman–Crippen LogP) is 23.1. The zero-order chi connectivity index (χ0) is 74.6. The standard InChI is InChI=1S/C83H142O17P2/c1-5-9-13-17-21-25-29-33-36-37-38-39-42-45-48-52-56-60-64-68-81(86)94-74-79(100-83(88)70-66-62-58-54-50-46-41-35-31-27-23-19-15-11-7-3)76-98-102(91,92)96-72-77(84)71-95-101(89,90)97-75-78(99-82(87)69-65-61-57-53-49-43-32-28-24-20-16-12-8-4)73-93-80(85)67-63-59-55-51-47-44-40-34-30-26-22-18-14-10-6-2/h9-10,13-14,16,20-22,25-26,28,32-34,36,38-40,47,51,77-79,84H,5-8,11-12,15,17-19,23-24,27,29-31,35,37,41-46,48-50,52-76H2,1-4H3,(H,89,90)(H,91,92)/b13-9-,14-10-,20-16-,25-21-,26-22-,32-28-,36-33-,39-38-,40-34-,51-47-. The number of rotatable bonds is 74. The van der Waals surface area contributed by atoms with Crippen LogP contribution in [0.5, 0.6) is 0 Å². The largest absolute Gasteiger partial charge is 0.472 e. The Bertz CT molecular complexity index is 2410. The van der Waals surface area contributed by atoms with Crippen LogP contribution < -0.4 is 0 Å². The lowest BCUT2D eigenvalue weighted by molar-refractivity contribution is -0.161. The van der Waals surface area contributed by atoms with E-state index in [0.29, 0.717) is 25.7 Å². The molecule has 0 aliphatic rings. The Morgan fingerprint density at radius 2 is 0.529 bits per heavy atom. The second kappa shape index (κ2) is 74.7. The fraction of sp³-hybridized carbons (Fsp3) is 0.711. The Morgan fingerprint density at radius 3 is 0.843 bits per heavy atom. The molecule has 0 aromatic carbocycles. The van der Waals surface area contributed by atoms with E-state index in [0.717, 1.165) is 180 Å². The van der Waals surface area contributed by atoms with Crippen molar-refractivity contribution in [2.75, 3.05) is 39.6 Å². The molecule has 0 aromatic heterocycles. The molecule has 3 N–H and O–H groups in total. The second-order valence-electron chi connectivity index (χ2n) is 26.2. The van der Waals surface area contributed by atoms with Crippen molar-refractivity contribution < 1.29 is 80.2 Å². The van der Waals surface area contributed by atoms with Crippen LogP contribution in [0.3, 0.4) is 0 Å². The average Bonchev–Trinajstić information content (AvgIpc) is 0.924. The molecule has 102 heavy (non-hydrogen) atoms. The van der Waals surface area contributed by atoms with Crippen LogP contribution in [0.15, 0.2) is 122 Å². The maximum atomic E-state index is 13.1. The Balaban J connectivity index is 5.38. The Morgan fingerprint density at radius 1 is 0.284 bits per heavy atom. The minimum atomic E-state index is -4.99. The van der Waals surface area contributed by atoms with Crippen LogP contribution in [0.25, 0.3) is 0 Å². The number of hydrogen-bond donors (Lipinski definition) is 3. The molecule has 0 heterocycles. The molecule has 0 radical (unpaired) electrons. The number of ether oxygens (including phenoxy) is 4. The summed E-state index contributed by atoms with van der Waals surface area (Å²) in [6, 6.07) is 0. The van der Waals surface area contributed by atoms with E-state index in [-0.39, 0.29) is 25.7 Å². The molecule has 586 valence electrons. The molecule has 19 heteroatoms. The molecule has 0 rings (SSSR count). The van der Waals surface area contributed by atoms with Crippen molar-refractivity contribution in [1.29, 1.82) is 0 Å². The molecule has 0 saturated carbocycles. The summed E-state index contributed by atoms with van der Waals surface area (Å²) in [5.41, 5.74) is 0. The highest BCUT2D eigenvalue weighted by Crippen LogP contribution is 2.45. The van der Waals surface area contributed by atoms with E-state index in [1.54, 1.807) is 0 Å². The lowest BCUT2D eigenvalue weighted by Gasteiger charge is -2.21. The maximum absolute atomic E-state index is 13.1. The summed E-state index contributed by atoms with van der Waals surface area (Å²) >= 11 is 0. The van der Waals surface area contributed by atoms with Crippen LogP contribution in [0.2, 0.25) is 0 Å². The molecule has 0 bridgehead atoms. The van der Waals surface area contributed by atoms with Gasteiger partial charge in [-0.05, 0) is 128 Å². The van der Waals surface area contributed by atoms with Crippen molar-refractivity contribution in [3.63, 3.8) is 0 Å². The normalized spacial score (nSPS) is 14.5. The van der Waals surface area contributed by atoms with Gasteiger partial charge in [-0.2, -0.15) is 0 Å². The van der Waals surface area contributed by atoms with Gasteiger partial charge in [0.2, 0.25) is 0 Å². The SMILES string of the molecule is CC/C=C\C/C=C\C/C=C\C/C=C\CCCCCCCCC(=O)OCC(COP(=O)(O)OCC(O)COP(=O)(O)OCC(COC(=O)CCCC/C=C\C/C=C\C/C=C\C/C=C\CC)OC(=O)CCCCCCC/C=C\C/C=C\CCC)OC(=O)CCCCCCCCCCCCCCCCC. The molecule has 0 spiro atoms. The quantitative estimate of drug-likeness (QED) is 0.0169. The van der Waals surface area contributed by atoms with E-state index in [1.807, 2.05) is 0 Å². The van der Waals surface area contributed by atoms with Gasteiger partial charge in [-0.3, -0.25) is 37.3 Å². The number of phosphoric acid groups is 2. The Hall–Kier alpha value is -4.54. The van der Waals surface area contributed by atoms with Crippen molar-refractivity contribution in [2.45, 2.75) is 341 Å². The van der Waals surface area contributed by atoms with Crippen molar-refractivity contribution in [3.8, 4) is 0 Å². The number of carbonyl (C=O) groups is 4. The highest BCUT2D eigenvalue weighted by atomic mass is 31.2. The summed E-state index contributed by atoms with van der Waals surface area (Å²) in [7, 11) is -9.97. The number of carbonyl (C=O) groups excluding carboxylic acids is 4. The summed E-state index contributed by atoms with van der Waals surface area (Å²) in [5.74, 6) is -2.24. The molecule has 0 aliphatic heterocycles. The van der Waals surface area contributed by atoms with Crippen LogP contribution in [0.1, 0.15) is 323 Å². The predicted molar refractivity (Wildman–Crippen MR) is 418 cm³/mol. The summed E-state index contributed by atoms with van der Waals surface area (Å²) in [6.45, 7) is 4.53. The Kier molecular flexibility index (Phi) is 71.4. The minimum Gasteiger partial charge on any atom is -0.462 e. The van der Waals surface area contributed by atoms with Crippen molar-refractivity contribution >= 4 is 39.5 Å². The van der Waals surface area contributed by atoms with Gasteiger partial charge in [-0.15, -0.1) is 0 Å². The smallest absolute Gasteiger partial charge is 0.462 e.